The van der Waals surface area contributed by atoms with Crippen molar-refractivity contribution in [1.29, 1.82) is 0 Å². The predicted octanol–water partition coefficient (Wildman–Crippen LogP) is 2.29. The molecule has 1 aromatic rings. The second-order valence-corrected chi connectivity index (χ2v) is 4.44. The molecule has 2 rings (SSSR count). The molecule has 1 aromatic carbocycles. The van der Waals surface area contributed by atoms with Crippen molar-refractivity contribution in [3.63, 3.8) is 0 Å². The quantitative estimate of drug-likeness (QED) is 0.762. The molecule has 1 saturated heterocycles. The highest BCUT2D eigenvalue weighted by Crippen LogP contribution is 2.39. The first-order valence-electron chi connectivity index (χ1n) is 5.60. The first-order chi connectivity index (χ1) is 8.33. The molecule has 1 aliphatic heterocycles. The van der Waals surface area contributed by atoms with Gasteiger partial charge in [0.2, 0.25) is 0 Å². The molecule has 6 heteroatoms. The van der Waals surface area contributed by atoms with E-state index in [-0.39, 0.29) is 24.1 Å². The van der Waals surface area contributed by atoms with E-state index < -0.39 is 17.3 Å². The van der Waals surface area contributed by atoms with Gasteiger partial charge in [-0.3, -0.25) is 0 Å². The summed E-state index contributed by atoms with van der Waals surface area (Å²) >= 11 is 0. The van der Waals surface area contributed by atoms with Crippen LogP contribution >= 0.6 is 0 Å². The fraction of sp³-hybridized carbons (Fsp3) is 0.500. The van der Waals surface area contributed by atoms with E-state index in [1.165, 1.54) is 6.07 Å². The van der Waals surface area contributed by atoms with Gasteiger partial charge in [0.15, 0.2) is 0 Å². The van der Waals surface area contributed by atoms with E-state index in [4.69, 9.17) is 10.5 Å². The molecule has 18 heavy (non-hydrogen) atoms. The second kappa shape index (κ2) is 4.44. The van der Waals surface area contributed by atoms with Crippen molar-refractivity contribution >= 4 is 5.69 Å². The van der Waals surface area contributed by atoms with Gasteiger partial charge in [-0.1, -0.05) is 0 Å². The minimum absolute atomic E-state index is 0.139. The van der Waals surface area contributed by atoms with Crippen LogP contribution in [0.1, 0.15) is 24.0 Å². The number of hydrogen-bond acceptors (Lipinski definition) is 3. The smallest absolute Gasteiger partial charge is 0.398 e. The molecule has 1 aliphatic rings. The Balaban J connectivity index is 2.43. The number of hydrogen-bond donors (Lipinski definition) is 2. The molecule has 0 amide bonds. The molecule has 0 saturated carbocycles. The zero-order valence-corrected chi connectivity index (χ0v) is 9.63. The van der Waals surface area contributed by atoms with E-state index in [1.807, 2.05) is 0 Å². The Kier molecular flexibility index (Phi) is 3.25. The molecule has 1 heterocycles. The van der Waals surface area contributed by atoms with Crippen LogP contribution < -0.4 is 5.73 Å². The number of nitrogen functional groups attached to an aromatic ring is 1. The number of alkyl halides is 3. The Morgan fingerprint density at radius 2 is 1.83 bits per heavy atom. The summed E-state index contributed by atoms with van der Waals surface area (Å²) in [5.41, 5.74) is 3.86. The van der Waals surface area contributed by atoms with E-state index in [0.717, 1.165) is 12.1 Å². The van der Waals surface area contributed by atoms with E-state index in [9.17, 15) is 18.3 Å². The fourth-order valence-electron chi connectivity index (χ4n) is 2.11. The Hall–Kier alpha value is -1.27. The molecule has 0 aromatic heterocycles. The number of halogens is 3. The molecule has 0 radical (unpaired) electrons. The third-order valence-electron chi connectivity index (χ3n) is 3.20. The van der Waals surface area contributed by atoms with Crippen LogP contribution in [0.4, 0.5) is 18.9 Å². The average Bonchev–Trinajstić information content (AvgIpc) is 2.28. The highest BCUT2D eigenvalue weighted by molar-refractivity contribution is 5.52. The molecule has 0 aliphatic carbocycles. The summed E-state index contributed by atoms with van der Waals surface area (Å²) in [6.07, 6.45) is -3.94. The van der Waals surface area contributed by atoms with Crippen LogP contribution in [0.25, 0.3) is 0 Å². The maximum Gasteiger partial charge on any atom is 0.416 e. The number of rotatable bonds is 1. The van der Waals surface area contributed by atoms with Gasteiger partial charge in [0, 0.05) is 37.3 Å². The molecule has 3 nitrogen and oxygen atoms in total. The van der Waals surface area contributed by atoms with Crippen molar-refractivity contribution < 1.29 is 23.0 Å². The Bertz CT molecular complexity index is 439. The van der Waals surface area contributed by atoms with Crippen LogP contribution in [-0.4, -0.2) is 18.3 Å². The number of anilines is 1. The fourth-order valence-corrected chi connectivity index (χ4v) is 2.11. The lowest BCUT2D eigenvalue weighted by Crippen LogP contribution is -2.34. The van der Waals surface area contributed by atoms with Gasteiger partial charge in [-0.2, -0.15) is 13.2 Å². The van der Waals surface area contributed by atoms with Crippen molar-refractivity contribution in [2.75, 3.05) is 18.9 Å². The molecule has 3 N–H and O–H groups in total. The first kappa shape index (κ1) is 13.2. The van der Waals surface area contributed by atoms with Crippen LogP contribution in [0, 0.1) is 0 Å². The summed E-state index contributed by atoms with van der Waals surface area (Å²) in [4.78, 5) is 0. The standard InChI is InChI=1S/C12H14F3NO2/c13-12(14,15)8-1-2-10(16)9(7-8)11(17)3-5-18-6-4-11/h1-2,7,17H,3-6,16H2. The van der Waals surface area contributed by atoms with Crippen LogP contribution in [0.3, 0.4) is 0 Å². The number of ether oxygens (including phenoxy) is 1. The van der Waals surface area contributed by atoms with Crippen molar-refractivity contribution in [2.24, 2.45) is 0 Å². The minimum Gasteiger partial charge on any atom is -0.398 e. The minimum atomic E-state index is -4.44. The molecular weight excluding hydrogens is 247 g/mol. The Labute approximate surface area is 102 Å². The van der Waals surface area contributed by atoms with Crippen LogP contribution in [-0.2, 0) is 16.5 Å². The maximum absolute atomic E-state index is 12.6. The van der Waals surface area contributed by atoms with E-state index >= 15 is 0 Å². The lowest BCUT2D eigenvalue weighted by molar-refractivity contribution is -0.137. The molecule has 0 spiro atoms. The number of aliphatic hydroxyl groups is 1. The number of nitrogens with two attached hydrogens (primary N) is 1. The predicted molar refractivity (Wildman–Crippen MR) is 59.8 cm³/mol. The Morgan fingerprint density at radius 1 is 1.22 bits per heavy atom. The summed E-state index contributed by atoms with van der Waals surface area (Å²) in [6, 6.07) is 3.04. The lowest BCUT2D eigenvalue weighted by Gasteiger charge is -2.33. The maximum atomic E-state index is 12.6. The second-order valence-electron chi connectivity index (χ2n) is 4.44. The molecule has 1 fully saturated rings. The average molecular weight is 261 g/mol. The van der Waals surface area contributed by atoms with Crippen molar-refractivity contribution in [3.8, 4) is 0 Å². The summed E-state index contributed by atoms with van der Waals surface area (Å²) in [5, 5.41) is 10.4. The van der Waals surface area contributed by atoms with Gasteiger partial charge in [0.1, 0.15) is 0 Å². The largest absolute Gasteiger partial charge is 0.416 e. The van der Waals surface area contributed by atoms with Gasteiger partial charge in [0.05, 0.1) is 11.2 Å². The van der Waals surface area contributed by atoms with Gasteiger partial charge in [-0.05, 0) is 18.2 Å². The molecule has 100 valence electrons. The van der Waals surface area contributed by atoms with Crippen LogP contribution in [0.5, 0.6) is 0 Å². The SMILES string of the molecule is Nc1ccc(C(F)(F)F)cc1C1(O)CCOCC1. The Morgan fingerprint density at radius 3 is 2.39 bits per heavy atom. The van der Waals surface area contributed by atoms with Crippen LogP contribution in [0.15, 0.2) is 18.2 Å². The number of benzene rings is 1. The van der Waals surface area contributed by atoms with E-state index in [1.54, 1.807) is 0 Å². The monoisotopic (exact) mass is 261 g/mol. The molecule has 0 atom stereocenters. The molecule has 0 bridgehead atoms. The van der Waals surface area contributed by atoms with E-state index in [2.05, 4.69) is 0 Å². The van der Waals surface area contributed by atoms with Crippen molar-refractivity contribution in [3.05, 3.63) is 29.3 Å². The van der Waals surface area contributed by atoms with E-state index in [0.29, 0.717) is 13.2 Å². The lowest BCUT2D eigenvalue weighted by atomic mass is 9.84. The summed E-state index contributed by atoms with van der Waals surface area (Å²) in [6.45, 7) is 0.623. The zero-order chi connectivity index (χ0) is 13.4. The molecular formula is C12H14F3NO2. The first-order valence-corrected chi connectivity index (χ1v) is 5.60. The third kappa shape index (κ3) is 2.44. The highest BCUT2D eigenvalue weighted by atomic mass is 19.4. The van der Waals surface area contributed by atoms with Gasteiger partial charge in [-0.15, -0.1) is 0 Å². The van der Waals surface area contributed by atoms with Gasteiger partial charge < -0.3 is 15.6 Å². The highest BCUT2D eigenvalue weighted by Gasteiger charge is 2.37. The molecule has 0 unspecified atom stereocenters. The summed E-state index contributed by atoms with van der Waals surface area (Å²) in [7, 11) is 0. The van der Waals surface area contributed by atoms with Crippen molar-refractivity contribution in [1.82, 2.24) is 0 Å². The third-order valence-corrected chi connectivity index (χ3v) is 3.20. The van der Waals surface area contributed by atoms with Crippen LogP contribution in [0.2, 0.25) is 0 Å². The van der Waals surface area contributed by atoms with Gasteiger partial charge >= 0.3 is 6.18 Å². The van der Waals surface area contributed by atoms with Crippen molar-refractivity contribution in [2.45, 2.75) is 24.6 Å². The van der Waals surface area contributed by atoms with Gasteiger partial charge in [0.25, 0.3) is 0 Å². The van der Waals surface area contributed by atoms with Gasteiger partial charge in [-0.25, -0.2) is 0 Å². The zero-order valence-electron chi connectivity index (χ0n) is 9.63. The normalized spacial score (nSPS) is 19.8. The summed E-state index contributed by atoms with van der Waals surface area (Å²) < 4.78 is 43.0. The summed E-state index contributed by atoms with van der Waals surface area (Å²) in [5.74, 6) is 0. The topological polar surface area (TPSA) is 55.5 Å².